The van der Waals surface area contributed by atoms with Gasteiger partial charge in [0.15, 0.2) is 5.78 Å². The fourth-order valence-corrected chi connectivity index (χ4v) is 8.11. The van der Waals surface area contributed by atoms with E-state index in [1.54, 1.807) is 6.92 Å². The minimum absolute atomic E-state index is 0.0350. The number of hydrogen-bond acceptors (Lipinski definition) is 3. The average Bonchev–Trinajstić information content (AvgIpc) is 2.83. The van der Waals surface area contributed by atoms with Crippen LogP contribution in [0.1, 0.15) is 79.1 Å². The molecule has 3 heteroatoms. The number of carbonyl (C=O) groups excluding carboxylic acids is 2. The van der Waals surface area contributed by atoms with Crippen molar-refractivity contribution in [2.45, 2.75) is 84.7 Å². The van der Waals surface area contributed by atoms with E-state index in [1.165, 1.54) is 6.42 Å². The largest absolute Gasteiger partial charge is 0.382 e. The molecule has 0 aromatic carbocycles. The Morgan fingerprint density at radius 2 is 1.76 bits per heavy atom. The fraction of sp³-hybridized carbons (Fsp3) is 0.909. The Labute approximate surface area is 151 Å². The standard InChI is InChI=1S/C22H34O3/c1-13-11-16-17(20(3)8-5-15(24)12-19(13)20)6-9-21(4)18(16)7-10-22(21,25)14(2)23/h13,16-19,25H,5-12H2,1-4H3/t13-,16+,17-,18-,19?,20+,21-,22-/m0/s1. The highest BCUT2D eigenvalue weighted by atomic mass is 16.3. The molecule has 0 bridgehead atoms. The molecule has 4 saturated carbocycles. The second-order valence-corrected chi connectivity index (χ2v) is 10.4. The number of fused-ring (bicyclic) bond motifs is 5. The van der Waals surface area contributed by atoms with Gasteiger partial charge in [-0.3, -0.25) is 9.59 Å². The molecule has 4 fully saturated rings. The second-order valence-electron chi connectivity index (χ2n) is 10.4. The molecule has 0 amide bonds. The van der Waals surface area contributed by atoms with Gasteiger partial charge in [0.1, 0.15) is 11.4 Å². The Balaban J connectivity index is 1.69. The first kappa shape index (κ1) is 17.7. The molecule has 0 saturated heterocycles. The Morgan fingerprint density at radius 3 is 2.44 bits per heavy atom. The molecule has 0 spiro atoms. The summed E-state index contributed by atoms with van der Waals surface area (Å²) in [4.78, 5) is 24.4. The van der Waals surface area contributed by atoms with E-state index in [4.69, 9.17) is 0 Å². The van der Waals surface area contributed by atoms with E-state index in [-0.39, 0.29) is 16.6 Å². The van der Waals surface area contributed by atoms with E-state index in [2.05, 4.69) is 20.8 Å². The van der Waals surface area contributed by atoms with Crippen molar-refractivity contribution in [3.05, 3.63) is 0 Å². The maximum atomic E-state index is 12.3. The first-order valence-corrected chi connectivity index (χ1v) is 10.4. The van der Waals surface area contributed by atoms with Crippen molar-refractivity contribution in [3.63, 3.8) is 0 Å². The van der Waals surface area contributed by atoms with Gasteiger partial charge in [0.2, 0.25) is 0 Å². The molecule has 25 heavy (non-hydrogen) atoms. The number of Topliss-reactive ketones (excluding diaryl/α,β-unsaturated/α-hetero) is 2. The van der Waals surface area contributed by atoms with E-state index in [0.29, 0.717) is 41.8 Å². The van der Waals surface area contributed by atoms with E-state index >= 15 is 0 Å². The minimum Gasteiger partial charge on any atom is -0.382 e. The fourth-order valence-electron chi connectivity index (χ4n) is 8.11. The van der Waals surface area contributed by atoms with Crippen LogP contribution in [-0.2, 0) is 9.59 Å². The van der Waals surface area contributed by atoms with Crippen molar-refractivity contribution in [1.29, 1.82) is 0 Å². The van der Waals surface area contributed by atoms with Gasteiger partial charge in [-0.05, 0) is 80.5 Å². The first-order valence-electron chi connectivity index (χ1n) is 10.4. The zero-order valence-corrected chi connectivity index (χ0v) is 16.3. The Bertz CT molecular complexity index is 612. The van der Waals surface area contributed by atoms with Crippen LogP contribution in [0.15, 0.2) is 0 Å². The third-order valence-corrected chi connectivity index (χ3v) is 9.59. The van der Waals surface area contributed by atoms with Crippen molar-refractivity contribution < 1.29 is 14.7 Å². The van der Waals surface area contributed by atoms with Crippen LogP contribution < -0.4 is 0 Å². The van der Waals surface area contributed by atoms with Gasteiger partial charge in [-0.25, -0.2) is 0 Å². The van der Waals surface area contributed by atoms with Crippen LogP contribution in [0.2, 0.25) is 0 Å². The van der Waals surface area contributed by atoms with E-state index < -0.39 is 5.60 Å². The number of aliphatic hydroxyl groups is 1. The predicted octanol–water partition coefficient (Wildman–Crippen LogP) is 4.16. The molecule has 0 aromatic heterocycles. The summed E-state index contributed by atoms with van der Waals surface area (Å²) in [5.74, 6) is 3.26. The maximum Gasteiger partial charge on any atom is 0.161 e. The smallest absolute Gasteiger partial charge is 0.161 e. The first-order chi connectivity index (χ1) is 11.6. The maximum absolute atomic E-state index is 12.3. The second kappa shape index (κ2) is 5.41. The van der Waals surface area contributed by atoms with Gasteiger partial charge in [0, 0.05) is 18.3 Å². The molecule has 0 aromatic rings. The van der Waals surface area contributed by atoms with Gasteiger partial charge in [0.05, 0.1) is 0 Å². The molecule has 4 aliphatic carbocycles. The molecule has 0 heterocycles. The number of ketones is 2. The van der Waals surface area contributed by atoms with Crippen molar-refractivity contribution in [2.75, 3.05) is 0 Å². The van der Waals surface area contributed by atoms with E-state index in [1.807, 2.05) is 0 Å². The van der Waals surface area contributed by atoms with Crippen LogP contribution >= 0.6 is 0 Å². The topological polar surface area (TPSA) is 54.4 Å². The normalized spacial score (nSPS) is 55.2. The van der Waals surface area contributed by atoms with Crippen LogP contribution in [0, 0.1) is 40.4 Å². The molecule has 1 unspecified atom stereocenters. The molecule has 3 nitrogen and oxygen atoms in total. The summed E-state index contributed by atoms with van der Waals surface area (Å²) in [5.41, 5.74) is -1.10. The lowest BCUT2D eigenvalue weighted by Gasteiger charge is -2.62. The van der Waals surface area contributed by atoms with Crippen LogP contribution in [0.3, 0.4) is 0 Å². The van der Waals surface area contributed by atoms with Crippen molar-refractivity contribution in [3.8, 4) is 0 Å². The van der Waals surface area contributed by atoms with Gasteiger partial charge in [-0.15, -0.1) is 0 Å². The van der Waals surface area contributed by atoms with Crippen LogP contribution in [0.5, 0.6) is 0 Å². The van der Waals surface area contributed by atoms with Crippen molar-refractivity contribution >= 4 is 11.6 Å². The Kier molecular flexibility index (Phi) is 3.83. The van der Waals surface area contributed by atoms with Crippen molar-refractivity contribution in [1.82, 2.24) is 0 Å². The summed E-state index contributed by atoms with van der Waals surface area (Å²) in [6.45, 7) is 8.56. The predicted molar refractivity (Wildman–Crippen MR) is 96.9 cm³/mol. The molecule has 140 valence electrons. The lowest BCUT2D eigenvalue weighted by Crippen LogP contribution is -2.59. The summed E-state index contributed by atoms with van der Waals surface area (Å²) in [5, 5.41) is 11.2. The molecule has 4 aliphatic rings. The third-order valence-electron chi connectivity index (χ3n) is 9.59. The summed E-state index contributed by atoms with van der Waals surface area (Å²) in [6.07, 6.45) is 7.44. The highest BCUT2D eigenvalue weighted by Gasteiger charge is 2.66. The molecule has 0 aliphatic heterocycles. The highest BCUT2D eigenvalue weighted by Crippen LogP contribution is 2.68. The summed E-state index contributed by atoms with van der Waals surface area (Å²) in [7, 11) is 0. The van der Waals surface area contributed by atoms with E-state index in [9.17, 15) is 14.7 Å². The van der Waals surface area contributed by atoms with Gasteiger partial charge in [-0.2, -0.15) is 0 Å². The lowest BCUT2D eigenvalue weighted by atomic mass is 9.42. The zero-order chi connectivity index (χ0) is 18.2. The Hall–Kier alpha value is -0.700. The lowest BCUT2D eigenvalue weighted by molar-refractivity contribution is -0.174. The number of rotatable bonds is 1. The van der Waals surface area contributed by atoms with Crippen LogP contribution in [-0.4, -0.2) is 22.3 Å². The van der Waals surface area contributed by atoms with Crippen LogP contribution in [0.25, 0.3) is 0 Å². The molecule has 1 N–H and O–H groups in total. The molecular weight excluding hydrogens is 312 g/mol. The Morgan fingerprint density at radius 1 is 1.08 bits per heavy atom. The van der Waals surface area contributed by atoms with E-state index in [0.717, 1.165) is 38.5 Å². The molecular formula is C22H34O3. The summed E-state index contributed by atoms with van der Waals surface area (Å²) >= 11 is 0. The molecule has 8 atom stereocenters. The third kappa shape index (κ3) is 2.14. The van der Waals surface area contributed by atoms with Gasteiger partial charge < -0.3 is 5.11 Å². The highest BCUT2D eigenvalue weighted by molar-refractivity contribution is 5.86. The summed E-state index contributed by atoms with van der Waals surface area (Å²) in [6, 6.07) is 0. The molecule has 4 rings (SSSR count). The number of hydrogen-bond donors (Lipinski definition) is 1. The quantitative estimate of drug-likeness (QED) is 0.775. The zero-order valence-electron chi connectivity index (χ0n) is 16.3. The van der Waals surface area contributed by atoms with Gasteiger partial charge in [-0.1, -0.05) is 20.8 Å². The van der Waals surface area contributed by atoms with Gasteiger partial charge in [0.25, 0.3) is 0 Å². The van der Waals surface area contributed by atoms with Gasteiger partial charge >= 0.3 is 0 Å². The van der Waals surface area contributed by atoms with Crippen LogP contribution in [0.4, 0.5) is 0 Å². The minimum atomic E-state index is -1.12. The number of carbonyl (C=O) groups is 2. The summed E-state index contributed by atoms with van der Waals surface area (Å²) < 4.78 is 0. The SMILES string of the molecule is CC(=O)[C@@]1(O)CC[C@H]2[C@@H]3C[C@H](C)C4CC(=O)CC[C@]4(C)[C@H]3CC[C@@]21C. The monoisotopic (exact) mass is 346 g/mol. The van der Waals surface area contributed by atoms with Crippen molar-refractivity contribution in [2.24, 2.45) is 40.4 Å². The molecule has 0 radical (unpaired) electrons. The average molecular weight is 347 g/mol.